The van der Waals surface area contributed by atoms with Crippen molar-refractivity contribution in [3.05, 3.63) is 36.4 Å². The molecule has 2 aromatic carbocycles. The number of oxazole rings is 2. The standard InChI is InChI=1S/2C8H6NO2.Zn/c2*1-10-6-2-3-8-7(4-6)9-5-11-8;/h2*2-4H,1H3;. The summed E-state index contributed by atoms with van der Waals surface area (Å²) in [6.07, 6.45) is 0. The van der Waals surface area contributed by atoms with Crippen molar-refractivity contribution in [2.75, 3.05) is 14.2 Å². The van der Waals surface area contributed by atoms with Crippen LogP contribution in [0.1, 0.15) is 0 Å². The molecule has 0 aliphatic rings. The number of nitrogens with zero attached hydrogens (tertiary/aromatic N) is 2. The van der Waals surface area contributed by atoms with Crippen LogP contribution in [-0.2, 0) is 17.1 Å². The van der Waals surface area contributed by atoms with E-state index in [0.29, 0.717) is 0 Å². The van der Waals surface area contributed by atoms with E-state index in [0.717, 1.165) is 42.7 Å². The maximum atomic E-state index is 5.80. The fourth-order valence-electron chi connectivity index (χ4n) is 2.44. The molecule has 7 heteroatoms. The van der Waals surface area contributed by atoms with Gasteiger partial charge in [0.25, 0.3) is 0 Å². The van der Waals surface area contributed by atoms with Crippen molar-refractivity contribution in [3.63, 3.8) is 0 Å². The Hall–Kier alpha value is -2.40. The Balaban J connectivity index is 1.66. The summed E-state index contributed by atoms with van der Waals surface area (Å²) in [5, 5.41) is 0. The molecule has 0 aliphatic carbocycles. The van der Waals surface area contributed by atoms with E-state index in [1.165, 1.54) is 0 Å². The zero-order chi connectivity index (χ0) is 15.8. The number of hydrogen-bond acceptors (Lipinski definition) is 6. The number of fused-ring (bicyclic) bond motifs is 2. The summed E-state index contributed by atoms with van der Waals surface area (Å²) in [4.78, 5) is 9.06. The summed E-state index contributed by atoms with van der Waals surface area (Å²) in [5.41, 5.74) is 3.10. The topological polar surface area (TPSA) is 70.5 Å². The molecular weight excluding hydrogens is 350 g/mol. The van der Waals surface area contributed by atoms with Gasteiger partial charge in [-0.05, 0) is 0 Å². The number of hydrogen-bond donors (Lipinski definition) is 0. The maximum absolute atomic E-state index is 5.80. The van der Waals surface area contributed by atoms with E-state index in [1.807, 2.05) is 36.4 Å². The van der Waals surface area contributed by atoms with Gasteiger partial charge in [-0.25, -0.2) is 0 Å². The van der Waals surface area contributed by atoms with E-state index >= 15 is 0 Å². The number of rotatable bonds is 4. The van der Waals surface area contributed by atoms with Crippen LogP contribution < -0.4 is 18.4 Å². The summed E-state index contributed by atoms with van der Waals surface area (Å²) in [6.45, 7) is 0. The molecule has 4 rings (SSSR count). The van der Waals surface area contributed by atoms with Crippen LogP contribution in [0.15, 0.2) is 45.2 Å². The van der Waals surface area contributed by atoms with Crippen molar-refractivity contribution in [1.82, 2.24) is 9.97 Å². The molecule has 0 saturated heterocycles. The zero-order valence-corrected chi connectivity index (χ0v) is 15.7. The molecule has 0 radical (unpaired) electrons. The van der Waals surface area contributed by atoms with Crippen LogP contribution in [0.5, 0.6) is 11.5 Å². The summed E-state index contributed by atoms with van der Waals surface area (Å²) < 4.78 is 23.5. The predicted molar refractivity (Wildman–Crippen MR) is 80.4 cm³/mol. The second kappa shape index (κ2) is 5.67. The average molecular weight is 362 g/mol. The van der Waals surface area contributed by atoms with Gasteiger partial charge >= 0.3 is 139 Å². The van der Waals surface area contributed by atoms with Gasteiger partial charge in [0.2, 0.25) is 0 Å². The third kappa shape index (κ3) is 2.68. The van der Waals surface area contributed by atoms with Gasteiger partial charge in [-0.1, -0.05) is 0 Å². The molecule has 0 fully saturated rings. The third-order valence-electron chi connectivity index (χ3n) is 3.58. The van der Waals surface area contributed by atoms with Crippen LogP contribution in [0.2, 0.25) is 0 Å². The van der Waals surface area contributed by atoms with E-state index in [4.69, 9.17) is 18.3 Å². The predicted octanol–water partition coefficient (Wildman–Crippen LogP) is 2.02. The minimum absolute atomic E-state index is 0.735. The molecule has 0 atom stereocenters. The van der Waals surface area contributed by atoms with E-state index in [2.05, 4.69) is 9.97 Å². The van der Waals surface area contributed by atoms with Crippen LogP contribution >= 0.6 is 0 Å². The van der Waals surface area contributed by atoms with Gasteiger partial charge in [-0.15, -0.1) is 0 Å². The first-order chi connectivity index (χ1) is 11.2. The summed E-state index contributed by atoms with van der Waals surface area (Å²) in [7, 11) is 3.26. The van der Waals surface area contributed by atoms with Gasteiger partial charge in [-0.3, -0.25) is 0 Å². The Morgan fingerprint density at radius 2 is 1.26 bits per heavy atom. The van der Waals surface area contributed by atoms with Crippen molar-refractivity contribution in [2.24, 2.45) is 0 Å². The molecule has 0 spiro atoms. The average Bonchev–Trinajstić information content (AvgIpc) is 3.15. The van der Waals surface area contributed by atoms with E-state index in [9.17, 15) is 0 Å². The number of ether oxygens (including phenoxy) is 2. The van der Waals surface area contributed by atoms with Crippen molar-refractivity contribution >= 4 is 31.2 Å². The van der Waals surface area contributed by atoms with Gasteiger partial charge in [0.1, 0.15) is 0 Å². The second-order valence-electron chi connectivity index (χ2n) is 5.06. The van der Waals surface area contributed by atoms with E-state index in [-0.39, 0.29) is 0 Å². The molecule has 23 heavy (non-hydrogen) atoms. The van der Waals surface area contributed by atoms with Gasteiger partial charge < -0.3 is 0 Å². The van der Waals surface area contributed by atoms with Gasteiger partial charge in [0.15, 0.2) is 0 Å². The Labute approximate surface area is 139 Å². The van der Waals surface area contributed by atoms with Crippen LogP contribution in [-0.4, -0.2) is 24.2 Å². The Bertz CT molecular complexity index is 912. The summed E-state index contributed by atoms with van der Waals surface area (Å²) in [6, 6.07) is 11.2. The van der Waals surface area contributed by atoms with Gasteiger partial charge in [0.05, 0.1) is 0 Å². The van der Waals surface area contributed by atoms with Crippen molar-refractivity contribution in [2.45, 2.75) is 0 Å². The first-order valence-electron chi connectivity index (χ1n) is 7.12. The van der Waals surface area contributed by atoms with Crippen molar-refractivity contribution in [3.8, 4) is 11.5 Å². The Morgan fingerprint density at radius 1 is 0.783 bits per heavy atom. The monoisotopic (exact) mass is 360 g/mol. The second-order valence-corrected chi connectivity index (χ2v) is 8.34. The van der Waals surface area contributed by atoms with Crippen LogP contribution in [0.4, 0.5) is 0 Å². The molecule has 2 heterocycles. The Morgan fingerprint density at radius 3 is 1.70 bits per heavy atom. The van der Waals surface area contributed by atoms with Gasteiger partial charge in [-0.2, -0.15) is 0 Å². The van der Waals surface area contributed by atoms with Crippen molar-refractivity contribution in [1.29, 1.82) is 0 Å². The van der Waals surface area contributed by atoms with Gasteiger partial charge in [0, 0.05) is 0 Å². The Kier molecular flexibility index (Phi) is 3.50. The quantitative estimate of drug-likeness (QED) is 0.518. The molecule has 0 N–H and O–H groups in total. The van der Waals surface area contributed by atoms with Crippen molar-refractivity contribution < 1.29 is 35.4 Å². The fraction of sp³-hybridized carbons (Fsp3) is 0.125. The van der Waals surface area contributed by atoms with Crippen LogP contribution in [0.3, 0.4) is 0 Å². The molecule has 0 amide bonds. The molecule has 0 bridgehead atoms. The van der Waals surface area contributed by atoms with E-state index < -0.39 is 17.1 Å². The molecule has 4 aromatic rings. The zero-order valence-electron chi connectivity index (χ0n) is 12.7. The normalized spacial score (nSPS) is 10.9. The molecular formula is C16H12N2O4Zn. The summed E-state index contributed by atoms with van der Waals surface area (Å²) in [5.74, 6) is 1.53. The number of aromatic nitrogens is 2. The molecule has 0 aliphatic heterocycles. The van der Waals surface area contributed by atoms with E-state index in [1.54, 1.807) is 14.2 Å². The SMILES string of the molecule is COc1ccc2o[c]([Zn][c]3nc4cc(OC)ccc4o3)nc2c1. The molecule has 2 aromatic heterocycles. The minimum atomic E-state index is -1.52. The molecule has 0 unspecified atom stereocenters. The summed E-state index contributed by atoms with van der Waals surface area (Å²) >= 11 is -1.52. The third-order valence-corrected chi connectivity index (χ3v) is 6.12. The number of methoxy groups -OCH3 is 2. The fourth-order valence-corrected chi connectivity index (χ4v) is 4.99. The molecule has 0 saturated carbocycles. The number of benzene rings is 2. The van der Waals surface area contributed by atoms with Crippen LogP contribution in [0, 0.1) is 0 Å². The first-order valence-corrected chi connectivity index (χ1v) is 10.1. The van der Waals surface area contributed by atoms with Crippen LogP contribution in [0.25, 0.3) is 22.2 Å². The first kappa shape index (κ1) is 14.2. The molecule has 6 nitrogen and oxygen atoms in total. The molecule has 112 valence electrons.